The van der Waals surface area contributed by atoms with Crippen molar-refractivity contribution in [3.8, 4) is 0 Å². The Hall–Kier alpha value is -1.77. The first-order valence-electron chi connectivity index (χ1n) is 6.50. The van der Waals surface area contributed by atoms with Crippen LogP contribution < -0.4 is 10.6 Å². The van der Waals surface area contributed by atoms with Gasteiger partial charge in [0.1, 0.15) is 0 Å². The van der Waals surface area contributed by atoms with Crippen molar-refractivity contribution in [2.45, 2.75) is 33.1 Å². The minimum atomic E-state index is 0.113. The van der Waals surface area contributed by atoms with Crippen molar-refractivity contribution in [3.05, 3.63) is 35.4 Å². The molecule has 0 aromatic heterocycles. The molecule has 1 aromatic carbocycles. The molecule has 0 atom stereocenters. The summed E-state index contributed by atoms with van der Waals surface area (Å²) in [5.41, 5.74) is 9.58. The Morgan fingerprint density at radius 3 is 3.00 bits per heavy atom. The van der Waals surface area contributed by atoms with Crippen LogP contribution in [0.15, 0.2) is 29.8 Å². The van der Waals surface area contributed by atoms with Crippen LogP contribution in [0.3, 0.4) is 0 Å². The second-order valence-electron chi connectivity index (χ2n) is 4.74. The fourth-order valence-electron chi connectivity index (χ4n) is 2.43. The second kappa shape index (κ2) is 5.25. The van der Waals surface area contributed by atoms with E-state index >= 15 is 0 Å². The lowest BCUT2D eigenvalue weighted by Gasteiger charge is -2.30. The number of nitrogen functional groups attached to an aromatic ring is 1. The highest BCUT2D eigenvalue weighted by Gasteiger charge is 2.23. The summed E-state index contributed by atoms with van der Waals surface area (Å²) in [6, 6.07) is 5.80. The van der Waals surface area contributed by atoms with E-state index in [9.17, 15) is 4.79 Å². The van der Waals surface area contributed by atoms with Gasteiger partial charge in [-0.2, -0.15) is 0 Å². The molecule has 2 rings (SSSR count). The van der Waals surface area contributed by atoms with Crippen LogP contribution in [0.1, 0.15) is 32.3 Å². The van der Waals surface area contributed by atoms with Gasteiger partial charge in [-0.1, -0.05) is 13.0 Å². The molecule has 0 fully saturated rings. The third-order valence-corrected chi connectivity index (χ3v) is 3.31. The van der Waals surface area contributed by atoms with Crippen LogP contribution in [-0.4, -0.2) is 12.5 Å². The van der Waals surface area contributed by atoms with Crippen molar-refractivity contribution in [1.29, 1.82) is 0 Å². The predicted molar refractivity (Wildman–Crippen MR) is 75.6 cm³/mol. The van der Waals surface area contributed by atoms with Crippen LogP contribution in [0.5, 0.6) is 0 Å². The van der Waals surface area contributed by atoms with Gasteiger partial charge >= 0.3 is 0 Å². The molecule has 2 N–H and O–H groups in total. The van der Waals surface area contributed by atoms with Gasteiger partial charge in [0.2, 0.25) is 0 Å². The smallest absolute Gasteiger partial charge is 0.253 e. The Kier molecular flexibility index (Phi) is 3.70. The van der Waals surface area contributed by atoms with E-state index in [1.54, 1.807) is 0 Å². The number of hydrogen-bond donors (Lipinski definition) is 1. The van der Waals surface area contributed by atoms with Gasteiger partial charge in [-0.3, -0.25) is 4.79 Å². The van der Waals surface area contributed by atoms with Gasteiger partial charge < -0.3 is 10.6 Å². The minimum absolute atomic E-state index is 0.113. The Labute approximate surface area is 108 Å². The predicted octanol–water partition coefficient (Wildman–Crippen LogP) is 2.90. The molecule has 1 aliphatic heterocycles. The van der Waals surface area contributed by atoms with Gasteiger partial charge in [-0.05, 0) is 49.9 Å². The van der Waals surface area contributed by atoms with Crippen LogP contribution >= 0.6 is 0 Å². The topological polar surface area (TPSA) is 46.3 Å². The minimum Gasteiger partial charge on any atom is -0.399 e. The molecule has 3 nitrogen and oxygen atoms in total. The molecule has 0 bridgehead atoms. The van der Waals surface area contributed by atoms with E-state index in [1.165, 1.54) is 5.56 Å². The molecule has 1 aliphatic rings. The van der Waals surface area contributed by atoms with Gasteiger partial charge in [0.15, 0.2) is 0 Å². The quantitative estimate of drug-likeness (QED) is 0.642. The molecule has 0 unspecified atom stereocenters. The molecule has 3 heteroatoms. The lowest BCUT2D eigenvalue weighted by atomic mass is 10.00. The Balaban J connectivity index is 2.33. The summed E-state index contributed by atoms with van der Waals surface area (Å²) in [5, 5.41) is 0. The van der Waals surface area contributed by atoms with Crippen molar-refractivity contribution < 1.29 is 4.79 Å². The zero-order valence-corrected chi connectivity index (χ0v) is 11.1. The number of allylic oxidation sites excluding steroid dienone is 1. The SMILES string of the molecule is CCC=C(C)C(=O)N1CCCc2cc(N)ccc21. The maximum Gasteiger partial charge on any atom is 0.253 e. The van der Waals surface area contributed by atoms with Crippen LogP contribution in [0.2, 0.25) is 0 Å². The number of nitrogens with two attached hydrogens (primary N) is 1. The summed E-state index contributed by atoms with van der Waals surface area (Å²) in [4.78, 5) is 14.2. The number of amides is 1. The summed E-state index contributed by atoms with van der Waals surface area (Å²) in [6.07, 6.45) is 4.87. The third kappa shape index (κ3) is 2.40. The van der Waals surface area contributed by atoms with E-state index in [0.29, 0.717) is 0 Å². The number of carbonyl (C=O) groups is 1. The molecule has 1 amide bonds. The zero-order valence-electron chi connectivity index (χ0n) is 11.1. The fraction of sp³-hybridized carbons (Fsp3) is 0.400. The van der Waals surface area contributed by atoms with Crippen LogP contribution in [0, 0.1) is 0 Å². The lowest BCUT2D eigenvalue weighted by Crippen LogP contribution is -2.36. The number of benzene rings is 1. The van der Waals surface area contributed by atoms with Crippen molar-refractivity contribution in [2.75, 3.05) is 17.2 Å². The number of rotatable bonds is 2. The zero-order chi connectivity index (χ0) is 13.1. The van der Waals surface area contributed by atoms with Crippen molar-refractivity contribution in [2.24, 2.45) is 0 Å². The first-order chi connectivity index (χ1) is 8.63. The first-order valence-corrected chi connectivity index (χ1v) is 6.50. The first kappa shape index (κ1) is 12.7. The average molecular weight is 244 g/mol. The Morgan fingerprint density at radius 1 is 1.50 bits per heavy atom. The van der Waals surface area contributed by atoms with Crippen LogP contribution in [-0.2, 0) is 11.2 Å². The van der Waals surface area contributed by atoms with E-state index in [0.717, 1.165) is 42.8 Å². The molecular weight excluding hydrogens is 224 g/mol. The monoisotopic (exact) mass is 244 g/mol. The molecule has 0 radical (unpaired) electrons. The fourth-order valence-corrected chi connectivity index (χ4v) is 2.43. The number of fused-ring (bicyclic) bond motifs is 1. The molecular formula is C15H20N2O. The normalized spacial score (nSPS) is 15.4. The van der Waals surface area contributed by atoms with Gasteiger partial charge in [0.25, 0.3) is 5.91 Å². The summed E-state index contributed by atoms with van der Waals surface area (Å²) in [5.74, 6) is 0.113. The number of aryl methyl sites for hydroxylation is 1. The average Bonchev–Trinajstić information content (AvgIpc) is 2.37. The van der Waals surface area contributed by atoms with E-state index in [-0.39, 0.29) is 5.91 Å². The standard InChI is InChI=1S/C15H20N2O/c1-3-5-11(2)15(18)17-9-4-6-12-10-13(16)7-8-14(12)17/h5,7-8,10H,3-4,6,9,16H2,1-2H3. The molecule has 1 heterocycles. The van der Waals surface area contributed by atoms with Crippen molar-refractivity contribution in [3.63, 3.8) is 0 Å². The van der Waals surface area contributed by atoms with Crippen molar-refractivity contribution in [1.82, 2.24) is 0 Å². The summed E-state index contributed by atoms with van der Waals surface area (Å²) >= 11 is 0. The van der Waals surface area contributed by atoms with E-state index in [2.05, 4.69) is 0 Å². The molecule has 0 saturated heterocycles. The largest absolute Gasteiger partial charge is 0.399 e. The summed E-state index contributed by atoms with van der Waals surface area (Å²) in [6.45, 7) is 4.73. The third-order valence-electron chi connectivity index (χ3n) is 3.31. The van der Waals surface area contributed by atoms with Gasteiger partial charge in [-0.15, -0.1) is 0 Å². The van der Waals surface area contributed by atoms with E-state index in [1.807, 2.05) is 43.0 Å². The van der Waals surface area contributed by atoms with Gasteiger partial charge in [0.05, 0.1) is 0 Å². The Morgan fingerprint density at radius 2 is 2.28 bits per heavy atom. The van der Waals surface area contributed by atoms with Gasteiger partial charge in [-0.25, -0.2) is 0 Å². The molecule has 0 aliphatic carbocycles. The number of carbonyl (C=O) groups excluding carboxylic acids is 1. The number of nitrogens with zero attached hydrogens (tertiary/aromatic N) is 1. The molecule has 1 aromatic rings. The highest BCUT2D eigenvalue weighted by atomic mass is 16.2. The van der Waals surface area contributed by atoms with E-state index < -0.39 is 0 Å². The van der Waals surface area contributed by atoms with Crippen LogP contribution in [0.4, 0.5) is 11.4 Å². The van der Waals surface area contributed by atoms with Crippen LogP contribution in [0.25, 0.3) is 0 Å². The second-order valence-corrected chi connectivity index (χ2v) is 4.74. The molecule has 18 heavy (non-hydrogen) atoms. The highest BCUT2D eigenvalue weighted by molar-refractivity contribution is 6.05. The maximum atomic E-state index is 12.4. The molecule has 0 saturated carbocycles. The lowest BCUT2D eigenvalue weighted by molar-refractivity contribution is -0.115. The van der Waals surface area contributed by atoms with E-state index in [4.69, 9.17) is 5.73 Å². The van der Waals surface area contributed by atoms with Crippen molar-refractivity contribution >= 4 is 17.3 Å². The number of hydrogen-bond acceptors (Lipinski definition) is 2. The molecule has 0 spiro atoms. The maximum absolute atomic E-state index is 12.4. The Bertz CT molecular complexity index is 491. The number of anilines is 2. The van der Waals surface area contributed by atoms with Gasteiger partial charge in [0, 0.05) is 23.5 Å². The highest BCUT2D eigenvalue weighted by Crippen LogP contribution is 2.29. The summed E-state index contributed by atoms with van der Waals surface area (Å²) < 4.78 is 0. The summed E-state index contributed by atoms with van der Waals surface area (Å²) in [7, 11) is 0. The molecule has 96 valence electrons.